The van der Waals surface area contributed by atoms with Gasteiger partial charge < -0.3 is 14.6 Å². The smallest absolute Gasteiger partial charge is 0.262 e. The van der Waals surface area contributed by atoms with Crippen molar-refractivity contribution in [3.8, 4) is 22.6 Å². The molecule has 0 saturated carbocycles. The third kappa shape index (κ3) is 2.09. The third-order valence-corrected chi connectivity index (χ3v) is 4.19. The molecule has 0 fully saturated rings. The zero-order valence-electron chi connectivity index (χ0n) is 12.7. The zero-order valence-corrected chi connectivity index (χ0v) is 12.7. The molecule has 0 aliphatic carbocycles. The molecule has 0 spiro atoms. The van der Waals surface area contributed by atoms with E-state index in [-0.39, 0.29) is 0 Å². The van der Waals surface area contributed by atoms with Crippen LogP contribution >= 0.6 is 0 Å². The molecule has 1 aliphatic heterocycles. The van der Waals surface area contributed by atoms with Crippen LogP contribution in [-0.4, -0.2) is 12.2 Å². The molecule has 114 valence electrons. The van der Waals surface area contributed by atoms with Crippen molar-refractivity contribution in [3.63, 3.8) is 0 Å². The number of hydrogen-bond donors (Lipinski definition) is 1. The Morgan fingerprint density at radius 2 is 1.61 bits per heavy atom. The quantitative estimate of drug-likeness (QED) is 0.779. The van der Waals surface area contributed by atoms with Crippen molar-refractivity contribution in [1.29, 1.82) is 0 Å². The fraction of sp³-hybridized carbons (Fsp3) is 0.100. The lowest BCUT2D eigenvalue weighted by atomic mass is 9.87. The Morgan fingerprint density at radius 1 is 0.870 bits per heavy atom. The summed E-state index contributed by atoms with van der Waals surface area (Å²) in [5.74, 6) is -0.202. The van der Waals surface area contributed by atoms with Crippen LogP contribution in [0.5, 0.6) is 11.5 Å². The molecule has 0 bridgehead atoms. The van der Waals surface area contributed by atoms with Gasteiger partial charge in [-0.05, 0) is 23.8 Å². The molecule has 0 amide bonds. The van der Waals surface area contributed by atoms with Gasteiger partial charge in [-0.15, -0.1) is 0 Å². The fourth-order valence-electron chi connectivity index (χ4n) is 3.05. The molecule has 3 aromatic carbocycles. The zero-order chi connectivity index (χ0) is 15.9. The Labute approximate surface area is 134 Å². The van der Waals surface area contributed by atoms with Gasteiger partial charge in [-0.1, -0.05) is 54.6 Å². The van der Waals surface area contributed by atoms with Crippen molar-refractivity contribution in [3.05, 3.63) is 83.9 Å². The fourth-order valence-corrected chi connectivity index (χ4v) is 3.05. The minimum atomic E-state index is -1.54. The molecule has 4 rings (SSSR count). The second-order valence-electron chi connectivity index (χ2n) is 5.52. The van der Waals surface area contributed by atoms with E-state index in [9.17, 15) is 5.11 Å². The number of methoxy groups -OCH3 is 1. The number of ether oxygens (including phenoxy) is 2. The summed E-state index contributed by atoms with van der Waals surface area (Å²) in [4.78, 5) is 0. The molecule has 3 nitrogen and oxygen atoms in total. The molecule has 1 aliphatic rings. The monoisotopic (exact) mass is 304 g/mol. The highest BCUT2D eigenvalue weighted by Gasteiger charge is 2.40. The summed E-state index contributed by atoms with van der Waals surface area (Å²) in [5.41, 5.74) is 3.32. The summed E-state index contributed by atoms with van der Waals surface area (Å²) >= 11 is 0. The third-order valence-electron chi connectivity index (χ3n) is 4.19. The normalized spacial score (nSPS) is 18.5. The average molecular weight is 304 g/mol. The lowest BCUT2D eigenvalue weighted by Gasteiger charge is -2.36. The first-order chi connectivity index (χ1) is 11.2. The lowest BCUT2D eigenvalue weighted by Crippen LogP contribution is -2.37. The van der Waals surface area contributed by atoms with Crippen LogP contribution in [0.1, 0.15) is 11.1 Å². The number of aliphatic hydroxyl groups is 1. The van der Waals surface area contributed by atoms with Gasteiger partial charge in [-0.2, -0.15) is 0 Å². The minimum absolute atomic E-state index is 0.638. The van der Waals surface area contributed by atoms with Gasteiger partial charge in [0.2, 0.25) is 0 Å². The van der Waals surface area contributed by atoms with E-state index in [4.69, 9.17) is 9.47 Å². The first-order valence-corrected chi connectivity index (χ1v) is 7.47. The van der Waals surface area contributed by atoms with Gasteiger partial charge in [0.1, 0.15) is 11.5 Å². The predicted octanol–water partition coefficient (Wildman–Crippen LogP) is 3.95. The predicted molar refractivity (Wildman–Crippen MR) is 88.5 cm³/mol. The van der Waals surface area contributed by atoms with Crippen molar-refractivity contribution in [2.45, 2.75) is 5.79 Å². The maximum Gasteiger partial charge on any atom is 0.262 e. The largest absolute Gasteiger partial charge is 0.497 e. The number of para-hydroxylation sites is 1. The van der Waals surface area contributed by atoms with E-state index in [1.807, 2.05) is 66.7 Å². The van der Waals surface area contributed by atoms with E-state index in [2.05, 4.69) is 0 Å². The first kappa shape index (κ1) is 13.9. The summed E-state index contributed by atoms with van der Waals surface area (Å²) in [6.45, 7) is 0. The van der Waals surface area contributed by atoms with Crippen molar-refractivity contribution >= 4 is 0 Å². The highest BCUT2D eigenvalue weighted by Crippen LogP contribution is 2.46. The Bertz CT molecular complexity index is 872. The van der Waals surface area contributed by atoms with E-state index < -0.39 is 5.79 Å². The van der Waals surface area contributed by atoms with Crippen LogP contribution in [0.3, 0.4) is 0 Å². The Kier molecular flexibility index (Phi) is 3.10. The number of benzene rings is 3. The van der Waals surface area contributed by atoms with E-state index in [1.54, 1.807) is 13.2 Å². The molecule has 1 unspecified atom stereocenters. The standard InChI is InChI=1S/C20H16O3/c1-22-15-8-6-7-14(13-15)20(21)18-11-4-2-9-16(18)17-10-3-5-12-19(17)23-20/h2-13,21H,1H3. The molecular formula is C20H16O3. The second-order valence-corrected chi connectivity index (χ2v) is 5.52. The van der Waals surface area contributed by atoms with Crippen LogP contribution in [0.2, 0.25) is 0 Å². The van der Waals surface area contributed by atoms with Crippen LogP contribution in [-0.2, 0) is 5.79 Å². The lowest BCUT2D eigenvalue weighted by molar-refractivity contribution is -0.110. The SMILES string of the molecule is COc1cccc(C2(O)Oc3ccccc3-c3ccccc32)c1. The second kappa shape index (κ2) is 5.14. The molecule has 0 aromatic heterocycles. The number of fused-ring (bicyclic) bond motifs is 3. The Balaban J connectivity index is 1.96. The topological polar surface area (TPSA) is 38.7 Å². The van der Waals surface area contributed by atoms with E-state index in [0.717, 1.165) is 16.7 Å². The first-order valence-electron chi connectivity index (χ1n) is 7.47. The maximum absolute atomic E-state index is 11.4. The summed E-state index contributed by atoms with van der Waals surface area (Å²) in [6, 6.07) is 22.8. The van der Waals surface area contributed by atoms with Gasteiger partial charge in [0.05, 0.1) is 7.11 Å². The maximum atomic E-state index is 11.4. The summed E-state index contributed by atoms with van der Waals surface area (Å²) in [7, 11) is 1.61. The van der Waals surface area contributed by atoms with E-state index >= 15 is 0 Å². The molecule has 1 heterocycles. The molecule has 3 heteroatoms. The van der Waals surface area contributed by atoms with E-state index in [1.165, 1.54) is 0 Å². The molecule has 23 heavy (non-hydrogen) atoms. The van der Waals surface area contributed by atoms with Gasteiger partial charge in [0.15, 0.2) is 0 Å². The van der Waals surface area contributed by atoms with Crippen LogP contribution in [0.4, 0.5) is 0 Å². The molecule has 3 aromatic rings. The molecule has 0 saturated heterocycles. The van der Waals surface area contributed by atoms with Gasteiger partial charge in [0, 0.05) is 16.7 Å². The Hall–Kier alpha value is -2.78. The van der Waals surface area contributed by atoms with Gasteiger partial charge in [0.25, 0.3) is 5.79 Å². The molecular weight excluding hydrogens is 288 g/mol. The van der Waals surface area contributed by atoms with Crippen molar-refractivity contribution in [2.75, 3.05) is 7.11 Å². The summed E-state index contributed by atoms with van der Waals surface area (Å²) in [5, 5.41) is 11.4. The molecule has 1 N–H and O–H groups in total. The number of hydrogen-bond acceptors (Lipinski definition) is 3. The van der Waals surface area contributed by atoms with Gasteiger partial charge >= 0.3 is 0 Å². The number of rotatable bonds is 2. The highest BCUT2D eigenvalue weighted by molar-refractivity contribution is 5.77. The van der Waals surface area contributed by atoms with Crippen LogP contribution in [0, 0.1) is 0 Å². The van der Waals surface area contributed by atoms with Crippen LogP contribution < -0.4 is 9.47 Å². The Morgan fingerprint density at radius 3 is 2.43 bits per heavy atom. The van der Waals surface area contributed by atoms with Crippen molar-refractivity contribution in [2.24, 2.45) is 0 Å². The van der Waals surface area contributed by atoms with Crippen molar-refractivity contribution < 1.29 is 14.6 Å². The van der Waals surface area contributed by atoms with Gasteiger partial charge in [-0.25, -0.2) is 0 Å². The van der Waals surface area contributed by atoms with Crippen molar-refractivity contribution in [1.82, 2.24) is 0 Å². The van der Waals surface area contributed by atoms with Crippen LogP contribution in [0.15, 0.2) is 72.8 Å². The van der Waals surface area contributed by atoms with Crippen LogP contribution in [0.25, 0.3) is 11.1 Å². The highest BCUT2D eigenvalue weighted by atomic mass is 16.6. The minimum Gasteiger partial charge on any atom is -0.497 e. The van der Waals surface area contributed by atoms with E-state index in [0.29, 0.717) is 17.1 Å². The molecule has 0 radical (unpaired) electrons. The summed E-state index contributed by atoms with van der Waals surface area (Å²) < 4.78 is 11.3. The van der Waals surface area contributed by atoms with Gasteiger partial charge in [-0.3, -0.25) is 0 Å². The summed E-state index contributed by atoms with van der Waals surface area (Å²) in [6.07, 6.45) is 0. The average Bonchev–Trinajstić information content (AvgIpc) is 2.62. The molecule has 1 atom stereocenters.